The number of carbonyl (C=O) groups excluding carboxylic acids is 1. The van der Waals surface area contributed by atoms with Gasteiger partial charge in [-0.3, -0.25) is 20.3 Å². The van der Waals surface area contributed by atoms with Gasteiger partial charge in [-0.15, -0.1) is 0 Å². The van der Waals surface area contributed by atoms with E-state index in [1.165, 1.54) is 12.1 Å². The second kappa shape index (κ2) is 9.32. The number of fused-ring (bicyclic) bond motifs is 1. The summed E-state index contributed by atoms with van der Waals surface area (Å²) in [6.45, 7) is 0.132. The van der Waals surface area contributed by atoms with Crippen LogP contribution in [0.25, 0.3) is 10.9 Å². The Morgan fingerprint density at radius 3 is 2.44 bits per heavy atom. The third-order valence-corrected chi connectivity index (χ3v) is 4.99. The number of rotatable bonds is 7. The van der Waals surface area contributed by atoms with Crippen LogP contribution >= 0.6 is 11.6 Å². The number of para-hydroxylation sites is 1. The highest BCUT2D eigenvalue weighted by Gasteiger charge is 2.10. The molecule has 4 rings (SSSR count). The highest BCUT2D eigenvalue weighted by atomic mass is 35.5. The van der Waals surface area contributed by atoms with E-state index in [9.17, 15) is 14.9 Å². The Balaban J connectivity index is 1.49. The molecule has 0 saturated carbocycles. The number of benzene rings is 3. The Bertz CT molecular complexity index is 1300. The minimum Gasteiger partial charge on any atom is -0.337 e. The highest BCUT2D eigenvalue weighted by molar-refractivity contribution is 6.30. The maximum Gasteiger partial charge on any atom is 0.269 e. The number of anilines is 2. The van der Waals surface area contributed by atoms with Crippen LogP contribution in [0.15, 0.2) is 84.1 Å². The molecule has 0 aliphatic heterocycles. The zero-order chi connectivity index (χ0) is 22.5. The molecule has 0 bridgehead atoms. The fourth-order valence-electron chi connectivity index (χ4n) is 3.23. The van der Waals surface area contributed by atoms with Gasteiger partial charge in [-0.1, -0.05) is 29.8 Å². The number of carbonyl (C=O) groups is 1. The van der Waals surface area contributed by atoms with Crippen molar-refractivity contribution in [2.45, 2.75) is 6.54 Å². The van der Waals surface area contributed by atoms with Crippen LogP contribution in [-0.4, -0.2) is 21.6 Å². The number of nitrogens with one attached hydrogen (secondary N) is 2. The lowest BCUT2D eigenvalue weighted by Gasteiger charge is -2.07. The first-order valence-electron chi connectivity index (χ1n) is 9.66. The van der Waals surface area contributed by atoms with Crippen molar-refractivity contribution in [3.8, 4) is 0 Å². The van der Waals surface area contributed by atoms with Crippen molar-refractivity contribution in [1.29, 1.82) is 0 Å². The molecule has 0 fully saturated rings. The van der Waals surface area contributed by atoms with Gasteiger partial charge >= 0.3 is 0 Å². The fraction of sp³-hybridized carbons (Fsp3) is 0.0435. The van der Waals surface area contributed by atoms with Crippen molar-refractivity contribution in [1.82, 2.24) is 4.57 Å². The van der Waals surface area contributed by atoms with Crippen LogP contribution in [0, 0.1) is 10.1 Å². The number of nitrogens with zero attached hydrogens (tertiary/aromatic N) is 3. The van der Waals surface area contributed by atoms with Gasteiger partial charge < -0.3 is 9.88 Å². The van der Waals surface area contributed by atoms with Crippen LogP contribution in [-0.2, 0) is 11.3 Å². The van der Waals surface area contributed by atoms with Gasteiger partial charge in [0.05, 0.1) is 16.8 Å². The number of aromatic nitrogens is 1. The Morgan fingerprint density at radius 1 is 1.03 bits per heavy atom. The summed E-state index contributed by atoms with van der Waals surface area (Å²) < 4.78 is 1.85. The van der Waals surface area contributed by atoms with Crippen LogP contribution in [0.3, 0.4) is 0 Å². The van der Waals surface area contributed by atoms with E-state index in [-0.39, 0.29) is 18.1 Å². The van der Waals surface area contributed by atoms with E-state index in [0.29, 0.717) is 16.4 Å². The van der Waals surface area contributed by atoms with Gasteiger partial charge in [-0.2, -0.15) is 5.10 Å². The molecule has 9 heteroatoms. The van der Waals surface area contributed by atoms with E-state index in [2.05, 4.69) is 15.8 Å². The average molecular weight is 448 g/mol. The largest absolute Gasteiger partial charge is 0.337 e. The molecule has 3 aromatic carbocycles. The Kier molecular flexibility index (Phi) is 6.14. The second-order valence-electron chi connectivity index (χ2n) is 6.96. The van der Waals surface area contributed by atoms with Crippen molar-refractivity contribution in [3.63, 3.8) is 0 Å². The third-order valence-electron chi connectivity index (χ3n) is 4.74. The van der Waals surface area contributed by atoms with Crippen LogP contribution in [0.1, 0.15) is 5.56 Å². The molecule has 2 N–H and O–H groups in total. The van der Waals surface area contributed by atoms with E-state index in [1.807, 2.05) is 35.0 Å². The molecule has 8 nitrogen and oxygen atoms in total. The zero-order valence-electron chi connectivity index (χ0n) is 16.7. The normalized spacial score (nSPS) is 11.0. The Hall–Kier alpha value is -4.17. The molecule has 32 heavy (non-hydrogen) atoms. The number of hydrogen-bond acceptors (Lipinski definition) is 5. The molecule has 0 atom stereocenters. The van der Waals surface area contributed by atoms with E-state index < -0.39 is 4.92 Å². The summed E-state index contributed by atoms with van der Waals surface area (Å²) in [6.07, 6.45) is 3.50. The number of hydrazone groups is 1. The number of nitro groups is 1. The monoisotopic (exact) mass is 447 g/mol. The fourth-order valence-corrected chi connectivity index (χ4v) is 3.36. The van der Waals surface area contributed by atoms with E-state index >= 15 is 0 Å². The van der Waals surface area contributed by atoms with Gasteiger partial charge in [0, 0.05) is 45.5 Å². The van der Waals surface area contributed by atoms with Crippen LogP contribution in [0.4, 0.5) is 17.1 Å². The molecule has 0 aliphatic carbocycles. The van der Waals surface area contributed by atoms with Gasteiger partial charge in [-0.05, 0) is 42.5 Å². The average Bonchev–Trinajstić information content (AvgIpc) is 3.13. The van der Waals surface area contributed by atoms with Crippen molar-refractivity contribution in [2.24, 2.45) is 5.10 Å². The Labute approximate surface area is 188 Å². The predicted molar refractivity (Wildman–Crippen MR) is 126 cm³/mol. The molecular formula is C23H18ClN5O3. The summed E-state index contributed by atoms with van der Waals surface area (Å²) >= 11 is 5.88. The van der Waals surface area contributed by atoms with Crippen molar-refractivity contribution >= 4 is 51.7 Å². The standard InChI is InChI=1S/C23H18ClN5O3/c24-17-5-7-18(8-6-17)26-23(30)15-28-14-16(21-3-1-2-4-22(21)28)13-25-27-19-9-11-20(12-10-19)29(31)32/h1-14,27H,15H2,(H,26,30)/b25-13+. The molecule has 0 unspecified atom stereocenters. The maximum absolute atomic E-state index is 12.5. The first-order chi connectivity index (χ1) is 15.5. The molecule has 0 aliphatic rings. The van der Waals surface area contributed by atoms with E-state index in [4.69, 9.17) is 11.6 Å². The number of nitro benzene ring substituents is 1. The number of non-ortho nitro benzene ring substituents is 1. The summed E-state index contributed by atoms with van der Waals surface area (Å²) in [5, 5.41) is 19.4. The zero-order valence-corrected chi connectivity index (χ0v) is 17.5. The van der Waals surface area contributed by atoms with Gasteiger partial charge in [0.15, 0.2) is 0 Å². The topological polar surface area (TPSA) is 102 Å². The predicted octanol–water partition coefficient (Wildman–Crippen LogP) is 5.29. The van der Waals surface area contributed by atoms with Crippen molar-refractivity contribution in [2.75, 3.05) is 10.7 Å². The lowest BCUT2D eigenvalue weighted by atomic mass is 10.2. The highest BCUT2D eigenvalue weighted by Crippen LogP contribution is 2.21. The van der Waals surface area contributed by atoms with E-state index in [1.54, 1.807) is 42.6 Å². The number of halogens is 1. The quantitative estimate of drug-likeness (QED) is 0.228. The second-order valence-corrected chi connectivity index (χ2v) is 7.39. The molecule has 0 radical (unpaired) electrons. The summed E-state index contributed by atoms with van der Waals surface area (Å²) in [6, 6.07) is 20.6. The maximum atomic E-state index is 12.5. The molecule has 4 aromatic rings. The number of amides is 1. The van der Waals surface area contributed by atoms with Gasteiger partial charge in [0.1, 0.15) is 6.54 Å². The van der Waals surface area contributed by atoms with Gasteiger partial charge in [0.25, 0.3) is 5.69 Å². The minimum atomic E-state index is -0.453. The summed E-state index contributed by atoms with van der Waals surface area (Å²) in [5.41, 5.74) is 5.89. The molecular weight excluding hydrogens is 430 g/mol. The van der Waals surface area contributed by atoms with Gasteiger partial charge in [-0.25, -0.2) is 0 Å². The van der Waals surface area contributed by atoms with Crippen molar-refractivity contribution in [3.05, 3.63) is 99.7 Å². The smallest absolute Gasteiger partial charge is 0.269 e. The lowest BCUT2D eigenvalue weighted by molar-refractivity contribution is -0.384. The van der Waals surface area contributed by atoms with Crippen molar-refractivity contribution < 1.29 is 9.72 Å². The molecule has 0 spiro atoms. The minimum absolute atomic E-state index is 0.0134. The van der Waals surface area contributed by atoms with Crippen LogP contribution < -0.4 is 10.7 Å². The lowest BCUT2D eigenvalue weighted by Crippen LogP contribution is -2.18. The molecule has 0 saturated heterocycles. The summed E-state index contributed by atoms with van der Waals surface area (Å²) in [7, 11) is 0. The molecule has 1 aromatic heterocycles. The third kappa shape index (κ3) is 4.93. The van der Waals surface area contributed by atoms with Gasteiger partial charge in [0.2, 0.25) is 5.91 Å². The molecule has 1 heterocycles. The Morgan fingerprint density at radius 2 is 1.72 bits per heavy atom. The molecule has 160 valence electrons. The molecule has 1 amide bonds. The summed E-state index contributed by atoms with van der Waals surface area (Å²) in [5.74, 6) is -0.166. The van der Waals surface area contributed by atoms with Crippen LogP contribution in [0.2, 0.25) is 5.02 Å². The first-order valence-corrected chi connectivity index (χ1v) is 10.0. The van der Waals surface area contributed by atoms with E-state index in [0.717, 1.165) is 16.5 Å². The first kappa shape index (κ1) is 21.1. The SMILES string of the molecule is O=C(Cn1cc(/C=N/Nc2ccc([N+](=O)[O-])cc2)c2ccccc21)Nc1ccc(Cl)cc1. The number of hydrogen-bond donors (Lipinski definition) is 2. The van der Waals surface area contributed by atoms with Crippen LogP contribution in [0.5, 0.6) is 0 Å². The summed E-state index contributed by atoms with van der Waals surface area (Å²) in [4.78, 5) is 22.8.